The van der Waals surface area contributed by atoms with Gasteiger partial charge in [0.15, 0.2) is 0 Å². The van der Waals surface area contributed by atoms with E-state index in [1.54, 1.807) is 20.5 Å². The van der Waals surface area contributed by atoms with Gasteiger partial charge < -0.3 is 24.6 Å². The van der Waals surface area contributed by atoms with Crippen LogP contribution in [0.25, 0.3) is 0 Å². The Kier molecular flexibility index (Phi) is 5.60. The van der Waals surface area contributed by atoms with Crippen LogP contribution in [0, 0.1) is 0 Å². The molecule has 3 aromatic rings. The fraction of sp³-hybridized carbons (Fsp3) is 0.286. The molecule has 0 spiro atoms. The summed E-state index contributed by atoms with van der Waals surface area (Å²) in [5.41, 5.74) is 0.818. The maximum atomic E-state index is 5.45. The molecule has 1 aliphatic rings. The van der Waals surface area contributed by atoms with E-state index in [2.05, 4.69) is 30.1 Å². The number of hydrogen-bond acceptors (Lipinski definition) is 8. The fourth-order valence-electron chi connectivity index (χ4n) is 3.33. The molecule has 0 amide bonds. The largest absolute Gasteiger partial charge is 0.497 e. The van der Waals surface area contributed by atoms with E-state index in [4.69, 9.17) is 9.47 Å². The minimum atomic E-state index is 0.688. The molecular weight excluding hydrogens is 368 g/mol. The molecule has 8 nitrogen and oxygen atoms in total. The van der Waals surface area contributed by atoms with E-state index in [0.717, 1.165) is 49.3 Å². The first-order valence-electron chi connectivity index (χ1n) is 9.49. The molecule has 0 aliphatic carbocycles. The highest BCUT2D eigenvalue weighted by Crippen LogP contribution is 2.31. The number of piperazine rings is 1. The number of nitrogens with one attached hydrogen (secondary N) is 1. The van der Waals surface area contributed by atoms with Gasteiger partial charge in [-0.3, -0.25) is 0 Å². The van der Waals surface area contributed by atoms with Gasteiger partial charge in [0, 0.05) is 44.5 Å². The fourth-order valence-corrected chi connectivity index (χ4v) is 3.33. The molecule has 1 fully saturated rings. The molecule has 29 heavy (non-hydrogen) atoms. The van der Waals surface area contributed by atoms with Crippen LogP contribution in [-0.2, 0) is 0 Å². The second kappa shape index (κ2) is 8.64. The van der Waals surface area contributed by atoms with E-state index >= 15 is 0 Å². The smallest absolute Gasteiger partial charge is 0.146 e. The van der Waals surface area contributed by atoms with Crippen molar-refractivity contribution in [3.05, 3.63) is 55.0 Å². The summed E-state index contributed by atoms with van der Waals surface area (Å²) in [6, 6.07) is 13.6. The Bertz CT molecular complexity index is 945. The molecule has 0 atom stereocenters. The van der Waals surface area contributed by atoms with Crippen molar-refractivity contribution in [1.29, 1.82) is 0 Å². The average Bonchev–Trinajstić information content (AvgIpc) is 2.80. The highest BCUT2D eigenvalue weighted by atomic mass is 16.5. The normalized spacial score (nSPS) is 13.9. The molecule has 4 rings (SSSR count). The van der Waals surface area contributed by atoms with Crippen LogP contribution < -0.4 is 24.6 Å². The summed E-state index contributed by atoms with van der Waals surface area (Å²) in [4.78, 5) is 17.8. The minimum absolute atomic E-state index is 0.688. The van der Waals surface area contributed by atoms with Gasteiger partial charge in [0.05, 0.1) is 19.9 Å². The first-order valence-corrected chi connectivity index (χ1v) is 9.49. The third kappa shape index (κ3) is 4.31. The number of benzene rings is 1. The third-order valence-corrected chi connectivity index (χ3v) is 4.90. The number of aromatic nitrogens is 3. The lowest BCUT2D eigenvalue weighted by molar-refractivity contribution is 0.395. The Morgan fingerprint density at radius 2 is 1.62 bits per heavy atom. The molecule has 3 heterocycles. The molecule has 2 aromatic heterocycles. The molecule has 1 aromatic carbocycles. The highest BCUT2D eigenvalue weighted by molar-refractivity contribution is 5.67. The summed E-state index contributed by atoms with van der Waals surface area (Å²) in [5.74, 6) is 4.06. The van der Waals surface area contributed by atoms with Crippen molar-refractivity contribution in [2.24, 2.45) is 0 Å². The summed E-state index contributed by atoms with van der Waals surface area (Å²) >= 11 is 0. The molecule has 150 valence electrons. The summed E-state index contributed by atoms with van der Waals surface area (Å²) in [6.45, 7) is 3.55. The molecule has 1 N–H and O–H groups in total. The van der Waals surface area contributed by atoms with Crippen LogP contribution in [0.3, 0.4) is 0 Å². The van der Waals surface area contributed by atoms with Crippen molar-refractivity contribution in [3.63, 3.8) is 0 Å². The van der Waals surface area contributed by atoms with Crippen LogP contribution in [0.15, 0.2) is 55.0 Å². The van der Waals surface area contributed by atoms with Gasteiger partial charge in [-0.2, -0.15) is 0 Å². The molecule has 0 bridgehead atoms. The van der Waals surface area contributed by atoms with Gasteiger partial charge in [0.2, 0.25) is 0 Å². The van der Waals surface area contributed by atoms with Crippen molar-refractivity contribution in [3.8, 4) is 11.5 Å². The van der Waals surface area contributed by atoms with Gasteiger partial charge >= 0.3 is 0 Å². The van der Waals surface area contributed by atoms with Crippen LogP contribution in [0.4, 0.5) is 23.1 Å². The first kappa shape index (κ1) is 18.8. The van der Waals surface area contributed by atoms with Crippen molar-refractivity contribution >= 4 is 23.1 Å². The van der Waals surface area contributed by atoms with Crippen molar-refractivity contribution in [2.75, 3.05) is 55.5 Å². The number of ether oxygens (including phenoxy) is 2. The summed E-state index contributed by atoms with van der Waals surface area (Å²) in [5, 5.41) is 3.31. The Hall–Kier alpha value is -3.55. The van der Waals surface area contributed by atoms with E-state index in [1.165, 1.54) is 0 Å². The second-order valence-electron chi connectivity index (χ2n) is 6.61. The lowest BCUT2D eigenvalue weighted by Gasteiger charge is -2.36. The predicted molar refractivity (Wildman–Crippen MR) is 114 cm³/mol. The third-order valence-electron chi connectivity index (χ3n) is 4.90. The lowest BCUT2D eigenvalue weighted by Crippen LogP contribution is -2.47. The number of rotatable bonds is 6. The average molecular weight is 392 g/mol. The highest BCUT2D eigenvalue weighted by Gasteiger charge is 2.19. The number of hydrogen-bond donors (Lipinski definition) is 1. The number of nitrogens with zero attached hydrogens (tertiary/aromatic N) is 5. The van der Waals surface area contributed by atoms with Crippen LogP contribution in [0.5, 0.6) is 11.5 Å². The predicted octanol–water partition coefficient (Wildman–Crippen LogP) is 2.96. The van der Waals surface area contributed by atoms with Gasteiger partial charge in [-0.15, -0.1) is 0 Å². The monoisotopic (exact) mass is 392 g/mol. The Balaban J connectivity index is 1.44. The van der Waals surface area contributed by atoms with E-state index in [9.17, 15) is 0 Å². The summed E-state index contributed by atoms with van der Waals surface area (Å²) in [6.07, 6.45) is 3.41. The summed E-state index contributed by atoms with van der Waals surface area (Å²) in [7, 11) is 3.26. The van der Waals surface area contributed by atoms with Crippen molar-refractivity contribution in [1.82, 2.24) is 15.0 Å². The zero-order valence-corrected chi connectivity index (χ0v) is 16.6. The number of methoxy groups -OCH3 is 2. The van der Waals surface area contributed by atoms with Gasteiger partial charge in [0.1, 0.15) is 35.3 Å². The molecule has 8 heteroatoms. The quantitative estimate of drug-likeness (QED) is 0.686. The second-order valence-corrected chi connectivity index (χ2v) is 6.61. The van der Waals surface area contributed by atoms with Crippen LogP contribution in [0.1, 0.15) is 0 Å². The maximum Gasteiger partial charge on any atom is 0.146 e. The van der Waals surface area contributed by atoms with Crippen LogP contribution >= 0.6 is 0 Å². The Morgan fingerprint density at radius 3 is 2.31 bits per heavy atom. The molecule has 1 saturated heterocycles. The number of pyridine rings is 1. The lowest BCUT2D eigenvalue weighted by atomic mass is 10.2. The summed E-state index contributed by atoms with van der Waals surface area (Å²) < 4.78 is 10.7. The van der Waals surface area contributed by atoms with Crippen molar-refractivity contribution in [2.45, 2.75) is 0 Å². The van der Waals surface area contributed by atoms with Gasteiger partial charge in [0.25, 0.3) is 0 Å². The molecular formula is C21H24N6O2. The Labute approximate surface area is 170 Å². The molecule has 0 radical (unpaired) electrons. The number of anilines is 4. The van der Waals surface area contributed by atoms with Gasteiger partial charge in [-0.1, -0.05) is 6.07 Å². The first-order chi connectivity index (χ1) is 14.3. The van der Waals surface area contributed by atoms with E-state index < -0.39 is 0 Å². The topological polar surface area (TPSA) is 75.6 Å². The van der Waals surface area contributed by atoms with Gasteiger partial charge in [-0.25, -0.2) is 15.0 Å². The van der Waals surface area contributed by atoms with Gasteiger partial charge in [-0.05, 0) is 24.3 Å². The van der Waals surface area contributed by atoms with Crippen LogP contribution in [0.2, 0.25) is 0 Å². The standard InChI is InChI=1S/C21H24N6O2/c1-28-16-6-7-17(18(13-16)29-2)25-19-14-21(24-15-23-19)27-11-9-26(10-12-27)20-5-3-4-8-22-20/h3-8,13-15H,9-12H2,1-2H3,(H,23,24,25). The SMILES string of the molecule is COc1ccc(Nc2cc(N3CCN(c4ccccn4)CC3)ncn2)c(OC)c1. The minimum Gasteiger partial charge on any atom is -0.497 e. The molecule has 0 saturated carbocycles. The zero-order valence-electron chi connectivity index (χ0n) is 16.6. The van der Waals surface area contributed by atoms with E-state index in [0.29, 0.717) is 11.6 Å². The van der Waals surface area contributed by atoms with Crippen molar-refractivity contribution < 1.29 is 9.47 Å². The molecule has 1 aliphatic heterocycles. The Morgan fingerprint density at radius 1 is 0.828 bits per heavy atom. The zero-order chi connectivity index (χ0) is 20.1. The maximum absolute atomic E-state index is 5.45. The van der Waals surface area contributed by atoms with E-state index in [-0.39, 0.29) is 0 Å². The van der Waals surface area contributed by atoms with Crippen LogP contribution in [-0.4, -0.2) is 55.4 Å². The molecule has 0 unspecified atom stereocenters. The van der Waals surface area contributed by atoms with E-state index in [1.807, 2.05) is 48.7 Å².